The molecule has 2 nitrogen and oxygen atoms in total. The predicted molar refractivity (Wildman–Crippen MR) is 65.6 cm³/mol. The van der Waals surface area contributed by atoms with Crippen LogP contribution in [0.5, 0.6) is 0 Å². The van der Waals surface area contributed by atoms with Crippen molar-refractivity contribution in [2.24, 2.45) is 0 Å². The Bertz CT molecular complexity index is 489. The third kappa shape index (κ3) is 2.56. The number of carbonyl (C=O) groups is 1. The topological polar surface area (TPSA) is 29.1 Å². The minimum absolute atomic E-state index is 0.157. The number of hydrogen-bond donors (Lipinski definition) is 1. The Hall–Kier alpha value is -1.23. The van der Waals surface area contributed by atoms with Gasteiger partial charge in [-0.1, -0.05) is 24.4 Å². The van der Waals surface area contributed by atoms with E-state index >= 15 is 0 Å². The van der Waals surface area contributed by atoms with Gasteiger partial charge in [-0.15, -0.1) is 0 Å². The van der Waals surface area contributed by atoms with E-state index in [-0.39, 0.29) is 24.3 Å². The van der Waals surface area contributed by atoms with Crippen molar-refractivity contribution in [1.29, 1.82) is 0 Å². The molecule has 0 bridgehead atoms. The average Bonchev–Trinajstić information content (AvgIpc) is 2.81. The van der Waals surface area contributed by atoms with E-state index in [1.54, 1.807) is 0 Å². The highest BCUT2D eigenvalue weighted by Crippen LogP contribution is 2.44. The monoisotopic (exact) mass is 291 g/mol. The first-order valence-corrected chi connectivity index (χ1v) is 6.39. The van der Waals surface area contributed by atoms with Crippen molar-refractivity contribution < 1.29 is 18.0 Å². The molecule has 19 heavy (non-hydrogen) atoms. The molecule has 1 aromatic carbocycles. The lowest BCUT2D eigenvalue weighted by Crippen LogP contribution is -2.39. The van der Waals surface area contributed by atoms with Crippen LogP contribution >= 0.6 is 11.6 Å². The molecule has 2 rings (SSSR count). The average molecular weight is 292 g/mol. The molecule has 1 aromatic rings. The molecule has 0 aliphatic heterocycles. The lowest BCUT2D eigenvalue weighted by molar-refractivity contribution is -0.111. The molecule has 1 unspecified atom stereocenters. The van der Waals surface area contributed by atoms with Crippen molar-refractivity contribution in [3.8, 4) is 0 Å². The summed E-state index contributed by atoms with van der Waals surface area (Å²) in [5.41, 5.74) is -2.35. The standard InChI is InChI=1S/C13H13ClF3NO/c14-8-3-4-9(15)10(11(8)16)12(18-7-19)13(17)5-1-2-6-13/h3-4,7,12H,1-2,5-6H2,(H,18,19). The molecule has 1 saturated carbocycles. The van der Waals surface area contributed by atoms with Crippen molar-refractivity contribution in [2.75, 3.05) is 0 Å². The summed E-state index contributed by atoms with van der Waals surface area (Å²) < 4.78 is 42.5. The molecule has 0 saturated heterocycles. The lowest BCUT2D eigenvalue weighted by atomic mass is 9.88. The minimum atomic E-state index is -1.84. The summed E-state index contributed by atoms with van der Waals surface area (Å²) in [6.45, 7) is 0. The summed E-state index contributed by atoms with van der Waals surface area (Å²) in [6.07, 6.45) is 1.81. The smallest absolute Gasteiger partial charge is 0.207 e. The van der Waals surface area contributed by atoms with Crippen LogP contribution < -0.4 is 5.32 Å². The summed E-state index contributed by atoms with van der Waals surface area (Å²) in [6, 6.07) is 0.678. The minimum Gasteiger partial charge on any atom is -0.348 e. The van der Waals surface area contributed by atoms with Gasteiger partial charge in [-0.3, -0.25) is 4.79 Å². The molecule has 1 amide bonds. The Balaban J connectivity index is 2.50. The number of amides is 1. The van der Waals surface area contributed by atoms with Crippen molar-refractivity contribution in [1.82, 2.24) is 5.32 Å². The molecule has 1 atom stereocenters. The molecule has 0 spiro atoms. The second kappa shape index (κ2) is 5.41. The van der Waals surface area contributed by atoms with Gasteiger partial charge in [-0.05, 0) is 25.0 Å². The van der Waals surface area contributed by atoms with Crippen LogP contribution in [0.1, 0.15) is 37.3 Å². The van der Waals surface area contributed by atoms with E-state index in [0.717, 1.165) is 12.1 Å². The second-order valence-corrected chi connectivity index (χ2v) is 5.12. The van der Waals surface area contributed by atoms with Crippen LogP contribution in [0.3, 0.4) is 0 Å². The van der Waals surface area contributed by atoms with Gasteiger partial charge in [-0.2, -0.15) is 0 Å². The number of benzene rings is 1. The van der Waals surface area contributed by atoms with Crippen LogP contribution in [-0.4, -0.2) is 12.1 Å². The quantitative estimate of drug-likeness (QED) is 0.665. The molecule has 1 fully saturated rings. The van der Waals surface area contributed by atoms with Gasteiger partial charge in [0.15, 0.2) is 0 Å². The summed E-state index contributed by atoms with van der Waals surface area (Å²) in [4.78, 5) is 10.6. The van der Waals surface area contributed by atoms with Crippen LogP contribution in [0.2, 0.25) is 5.02 Å². The van der Waals surface area contributed by atoms with Crippen LogP contribution in [0.4, 0.5) is 13.2 Å². The molecule has 104 valence electrons. The zero-order chi connectivity index (χ0) is 14.0. The molecule has 0 heterocycles. The van der Waals surface area contributed by atoms with Gasteiger partial charge in [0.1, 0.15) is 17.3 Å². The van der Waals surface area contributed by atoms with Crippen LogP contribution in [0.25, 0.3) is 0 Å². The summed E-state index contributed by atoms with van der Waals surface area (Å²) >= 11 is 5.60. The third-order valence-electron chi connectivity index (χ3n) is 3.55. The maximum absolute atomic E-state index is 14.7. The van der Waals surface area contributed by atoms with Gasteiger partial charge < -0.3 is 5.32 Å². The number of carbonyl (C=O) groups excluding carboxylic acids is 1. The number of halogens is 4. The fourth-order valence-electron chi connectivity index (χ4n) is 2.62. The SMILES string of the molecule is O=CNC(c1c(F)ccc(Cl)c1F)C1(F)CCCC1. The summed E-state index contributed by atoms with van der Waals surface area (Å²) in [7, 11) is 0. The maximum Gasteiger partial charge on any atom is 0.207 e. The highest BCUT2D eigenvalue weighted by molar-refractivity contribution is 6.30. The summed E-state index contributed by atoms with van der Waals surface area (Å²) in [5.74, 6) is -1.94. The van der Waals surface area contributed by atoms with E-state index < -0.39 is 28.9 Å². The lowest BCUT2D eigenvalue weighted by Gasteiger charge is -2.30. The largest absolute Gasteiger partial charge is 0.348 e. The van der Waals surface area contributed by atoms with E-state index in [1.165, 1.54) is 0 Å². The first-order chi connectivity index (χ1) is 8.99. The van der Waals surface area contributed by atoms with Crippen molar-refractivity contribution in [3.63, 3.8) is 0 Å². The van der Waals surface area contributed by atoms with Crippen LogP contribution in [0.15, 0.2) is 12.1 Å². The molecule has 0 radical (unpaired) electrons. The Labute approximate surface area is 113 Å². The number of nitrogens with one attached hydrogen (secondary N) is 1. The van der Waals surface area contributed by atoms with Crippen molar-refractivity contribution in [3.05, 3.63) is 34.4 Å². The van der Waals surface area contributed by atoms with Gasteiger partial charge in [0.05, 0.1) is 16.6 Å². The fraction of sp³-hybridized carbons (Fsp3) is 0.462. The van der Waals surface area contributed by atoms with E-state index in [4.69, 9.17) is 11.6 Å². The van der Waals surface area contributed by atoms with E-state index in [1.807, 2.05) is 0 Å². The molecule has 1 aliphatic rings. The Morgan fingerprint density at radius 1 is 1.32 bits per heavy atom. The van der Waals surface area contributed by atoms with E-state index in [0.29, 0.717) is 12.8 Å². The number of hydrogen-bond acceptors (Lipinski definition) is 1. The van der Waals surface area contributed by atoms with Crippen LogP contribution in [-0.2, 0) is 4.79 Å². The molecule has 1 aliphatic carbocycles. The zero-order valence-corrected chi connectivity index (χ0v) is 10.8. The molecule has 0 aromatic heterocycles. The molecule has 1 N–H and O–H groups in total. The Morgan fingerprint density at radius 3 is 2.53 bits per heavy atom. The van der Waals surface area contributed by atoms with E-state index in [9.17, 15) is 18.0 Å². The van der Waals surface area contributed by atoms with Crippen molar-refractivity contribution >= 4 is 18.0 Å². The fourth-order valence-corrected chi connectivity index (χ4v) is 2.78. The van der Waals surface area contributed by atoms with Gasteiger partial charge in [0, 0.05) is 0 Å². The maximum atomic E-state index is 14.7. The Morgan fingerprint density at radius 2 is 1.95 bits per heavy atom. The van der Waals surface area contributed by atoms with Crippen LogP contribution in [0, 0.1) is 11.6 Å². The first kappa shape index (κ1) is 14.2. The number of rotatable bonds is 4. The zero-order valence-electron chi connectivity index (χ0n) is 10.1. The molecule has 6 heteroatoms. The van der Waals surface area contributed by atoms with Crippen molar-refractivity contribution in [2.45, 2.75) is 37.4 Å². The third-order valence-corrected chi connectivity index (χ3v) is 3.85. The van der Waals surface area contributed by atoms with Gasteiger partial charge in [0.25, 0.3) is 0 Å². The second-order valence-electron chi connectivity index (χ2n) is 4.72. The van der Waals surface area contributed by atoms with Gasteiger partial charge >= 0.3 is 0 Å². The normalized spacial score (nSPS) is 19.2. The summed E-state index contributed by atoms with van der Waals surface area (Å²) in [5, 5.41) is 1.90. The van der Waals surface area contributed by atoms with Gasteiger partial charge in [-0.25, -0.2) is 13.2 Å². The first-order valence-electron chi connectivity index (χ1n) is 6.01. The Kier molecular flexibility index (Phi) is 4.04. The number of alkyl halides is 1. The highest BCUT2D eigenvalue weighted by Gasteiger charge is 2.45. The van der Waals surface area contributed by atoms with Gasteiger partial charge in [0.2, 0.25) is 6.41 Å². The highest BCUT2D eigenvalue weighted by atomic mass is 35.5. The van der Waals surface area contributed by atoms with E-state index in [2.05, 4.69) is 5.32 Å². The predicted octanol–water partition coefficient (Wildman–Crippen LogP) is 3.69. The molecular weight excluding hydrogens is 279 g/mol. The molecular formula is C13H13ClF3NO.